The molecule has 0 fully saturated rings. The lowest BCUT2D eigenvalue weighted by Crippen LogP contribution is -2.24. The Bertz CT molecular complexity index is 764. The van der Waals surface area contributed by atoms with Crippen LogP contribution in [0.25, 0.3) is 0 Å². The predicted molar refractivity (Wildman–Crippen MR) is 90.0 cm³/mol. The van der Waals surface area contributed by atoms with Gasteiger partial charge in [-0.15, -0.1) is 0 Å². The molecule has 0 bridgehead atoms. The molecule has 0 aliphatic rings. The number of carbonyl (C=O) groups is 3. The van der Waals surface area contributed by atoms with Gasteiger partial charge in [-0.2, -0.15) is 0 Å². The number of ether oxygens (including phenoxy) is 1. The molecule has 2 rings (SSSR count). The van der Waals surface area contributed by atoms with E-state index in [-0.39, 0.29) is 22.1 Å². The van der Waals surface area contributed by atoms with Crippen molar-refractivity contribution in [3.63, 3.8) is 0 Å². The van der Waals surface area contributed by atoms with E-state index in [9.17, 15) is 19.5 Å². The highest BCUT2D eigenvalue weighted by Gasteiger charge is 2.13. The molecule has 0 aromatic heterocycles. The molecule has 0 saturated carbocycles. The van der Waals surface area contributed by atoms with Gasteiger partial charge in [-0.1, -0.05) is 30.3 Å². The van der Waals surface area contributed by atoms with E-state index < -0.39 is 12.0 Å². The van der Waals surface area contributed by atoms with Gasteiger partial charge in [0.2, 0.25) is 5.12 Å². The normalized spacial score (nSPS) is 9.88. The molecule has 3 N–H and O–H groups in total. The van der Waals surface area contributed by atoms with Gasteiger partial charge < -0.3 is 15.2 Å². The smallest absolute Gasteiger partial charge is 0.341 e. The van der Waals surface area contributed by atoms with Crippen molar-refractivity contribution in [1.82, 2.24) is 4.72 Å². The molecule has 2 aromatic carbocycles. The van der Waals surface area contributed by atoms with E-state index in [0.717, 1.165) is 0 Å². The van der Waals surface area contributed by atoms with Crippen molar-refractivity contribution in [1.29, 1.82) is 0 Å². The molecular weight excluding hydrogens is 332 g/mol. The number of phenols is 1. The van der Waals surface area contributed by atoms with E-state index in [1.165, 1.54) is 25.3 Å². The standard InChI is InChI=1S/C16H14N2O5S/c1-23-14(20)12-8-7-11(9-13(12)19)17-16(22)18-24-15(21)10-5-3-2-4-6-10/h2-9,19H,1H3,(H2,17,18,22). The molecule has 8 heteroatoms. The average molecular weight is 346 g/mol. The number of phenolic OH excluding ortho intramolecular Hbond substituents is 1. The number of esters is 1. The number of nitrogens with one attached hydrogen (secondary N) is 2. The van der Waals surface area contributed by atoms with Crippen LogP contribution in [0.3, 0.4) is 0 Å². The molecule has 0 radical (unpaired) electrons. The van der Waals surface area contributed by atoms with Crippen LogP contribution in [0, 0.1) is 0 Å². The van der Waals surface area contributed by atoms with Crippen LogP contribution in [-0.4, -0.2) is 29.3 Å². The van der Waals surface area contributed by atoms with Crippen LogP contribution in [0.4, 0.5) is 10.5 Å². The molecule has 0 spiro atoms. The zero-order valence-electron chi connectivity index (χ0n) is 12.6. The minimum Gasteiger partial charge on any atom is -0.507 e. The minimum absolute atomic E-state index is 0.0166. The monoisotopic (exact) mass is 346 g/mol. The summed E-state index contributed by atoms with van der Waals surface area (Å²) in [6, 6.07) is 11.8. The summed E-state index contributed by atoms with van der Waals surface area (Å²) in [5, 5.41) is 11.9. The summed E-state index contributed by atoms with van der Waals surface area (Å²) < 4.78 is 6.85. The number of carbonyl (C=O) groups excluding carboxylic acids is 3. The molecule has 2 amide bonds. The molecule has 7 nitrogen and oxygen atoms in total. The number of amides is 2. The van der Waals surface area contributed by atoms with E-state index in [1.807, 2.05) is 0 Å². The summed E-state index contributed by atoms with van der Waals surface area (Å²) in [5.41, 5.74) is 0.699. The topological polar surface area (TPSA) is 105 Å². The number of urea groups is 1. The van der Waals surface area contributed by atoms with Gasteiger partial charge in [-0.05, 0) is 12.1 Å². The Hall–Kier alpha value is -3.00. The third-order valence-electron chi connectivity index (χ3n) is 2.91. The molecule has 24 heavy (non-hydrogen) atoms. The number of methoxy groups -OCH3 is 1. The molecule has 0 atom stereocenters. The molecule has 2 aromatic rings. The summed E-state index contributed by atoms with van der Waals surface area (Å²) >= 11 is 0.635. The van der Waals surface area contributed by atoms with Crippen molar-refractivity contribution in [2.45, 2.75) is 0 Å². The third-order valence-corrected chi connectivity index (χ3v) is 3.62. The first-order chi connectivity index (χ1) is 11.5. The first-order valence-electron chi connectivity index (χ1n) is 6.76. The highest BCUT2D eigenvalue weighted by Crippen LogP contribution is 2.22. The van der Waals surface area contributed by atoms with E-state index in [4.69, 9.17) is 0 Å². The highest BCUT2D eigenvalue weighted by molar-refractivity contribution is 8.12. The Balaban J connectivity index is 1.92. The molecule has 124 valence electrons. The first-order valence-corrected chi connectivity index (χ1v) is 7.57. The van der Waals surface area contributed by atoms with Gasteiger partial charge in [0.1, 0.15) is 11.3 Å². The quantitative estimate of drug-likeness (QED) is 0.583. The van der Waals surface area contributed by atoms with Crippen LogP contribution in [0.5, 0.6) is 5.75 Å². The van der Waals surface area contributed by atoms with Crippen molar-refractivity contribution < 1.29 is 24.2 Å². The lowest BCUT2D eigenvalue weighted by atomic mass is 10.2. The molecule has 0 unspecified atom stereocenters. The fourth-order valence-corrected chi connectivity index (χ4v) is 2.26. The molecule has 0 aliphatic carbocycles. The van der Waals surface area contributed by atoms with Gasteiger partial charge in [-0.25, -0.2) is 9.59 Å². The van der Waals surface area contributed by atoms with Gasteiger partial charge >= 0.3 is 12.0 Å². The summed E-state index contributed by atoms with van der Waals surface area (Å²) in [4.78, 5) is 35.0. The fourth-order valence-electron chi connectivity index (χ4n) is 1.77. The van der Waals surface area contributed by atoms with Crippen molar-refractivity contribution in [3.05, 3.63) is 59.7 Å². The number of aromatic hydroxyl groups is 1. The van der Waals surface area contributed by atoms with E-state index >= 15 is 0 Å². The number of anilines is 1. The Morgan fingerprint density at radius 2 is 1.79 bits per heavy atom. The lowest BCUT2D eigenvalue weighted by molar-refractivity contribution is 0.0597. The SMILES string of the molecule is COC(=O)c1ccc(NC(=O)NSC(=O)c2ccccc2)cc1O. The summed E-state index contributed by atoms with van der Waals surface area (Å²) in [6.45, 7) is 0. The van der Waals surface area contributed by atoms with Crippen LogP contribution in [0.2, 0.25) is 0 Å². The Kier molecular flexibility index (Phi) is 5.80. The Morgan fingerprint density at radius 3 is 2.42 bits per heavy atom. The number of hydrogen-bond donors (Lipinski definition) is 3. The zero-order valence-corrected chi connectivity index (χ0v) is 13.4. The van der Waals surface area contributed by atoms with Gasteiger partial charge in [0.25, 0.3) is 0 Å². The zero-order chi connectivity index (χ0) is 17.5. The van der Waals surface area contributed by atoms with E-state index in [1.54, 1.807) is 30.3 Å². The summed E-state index contributed by atoms with van der Waals surface area (Å²) in [7, 11) is 1.20. The lowest BCUT2D eigenvalue weighted by Gasteiger charge is -2.08. The van der Waals surface area contributed by atoms with Crippen LogP contribution < -0.4 is 10.0 Å². The fraction of sp³-hybridized carbons (Fsp3) is 0.0625. The van der Waals surface area contributed by atoms with E-state index in [0.29, 0.717) is 17.5 Å². The average Bonchev–Trinajstić information content (AvgIpc) is 2.60. The van der Waals surface area contributed by atoms with Crippen molar-refractivity contribution in [2.75, 3.05) is 12.4 Å². The second-order valence-corrected chi connectivity index (χ2v) is 5.31. The summed E-state index contributed by atoms with van der Waals surface area (Å²) in [5.74, 6) is -1.01. The van der Waals surface area contributed by atoms with Crippen LogP contribution >= 0.6 is 11.9 Å². The largest absolute Gasteiger partial charge is 0.507 e. The molecule has 0 heterocycles. The summed E-state index contributed by atoms with van der Waals surface area (Å²) in [6.07, 6.45) is 0. The minimum atomic E-state index is -0.687. The maximum atomic E-state index is 11.8. The van der Waals surface area contributed by atoms with Crippen molar-refractivity contribution >= 4 is 34.8 Å². The molecule has 0 aliphatic heterocycles. The second kappa shape index (κ2) is 8.02. The number of rotatable bonds is 3. The number of hydrogen-bond acceptors (Lipinski definition) is 6. The van der Waals surface area contributed by atoms with Crippen LogP contribution in [-0.2, 0) is 4.74 Å². The first kappa shape index (κ1) is 17.4. The van der Waals surface area contributed by atoms with E-state index in [2.05, 4.69) is 14.8 Å². The number of benzene rings is 2. The second-order valence-electron chi connectivity index (χ2n) is 4.54. The predicted octanol–water partition coefficient (Wildman–Crippen LogP) is 2.79. The third kappa shape index (κ3) is 4.50. The van der Waals surface area contributed by atoms with Gasteiger partial charge in [0, 0.05) is 29.3 Å². The van der Waals surface area contributed by atoms with Crippen LogP contribution in [0.15, 0.2) is 48.5 Å². The maximum Gasteiger partial charge on any atom is 0.341 e. The molecule has 0 saturated heterocycles. The van der Waals surface area contributed by atoms with Crippen molar-refractivity contribution in [3.8, 4) is 5.75 Å². The Labute approximate surface area is 142 Å². The van der Waals surface area contributed by atoms with Gasteiger partial charge in [0.15, 0.2) is 0 Å². The highest BCUT2D eigenvalue weighted by atomic mass is 32.2. The maximum absolute atomic E-state index is 11.8. The van der Waals surface area contributed by atoms with Crippen molar-refractivity contribution in [2.24, 2.45) is 0 Å². The Morgan fingerprint density at radius 1 is 1.08 bits per heavy atom. The molecular formula is C16H14N2O5S. The van der Waals surface area contributed by atoms with Gasteiger partial charge in [-0.3, -0.25) is 9.52 Å². The van der Waals surface area contributed by atoms with Gasteiger partial charge in [0.05, 0.1) is 7.11 Å². The van der Waals surface area contributed by atoms with Crippen LogP contribution in [0.1, 0.15) is 20.7 Å².